The summed E-state index contributed by atoms with van der Waals surface area (Å²) >= 11 is 0. The average Bonchev–Trinajstić information content (AvgIpc) is 3.15. The van der Waals surface area contributed by atoms with Gasteiger partial charge < -0.3 is 9.47 Å². The van der Waals surface area contributed by atoms with Crippen LogP contribution in [0.25, 0.3) is 6.08 Å². The molecule has 0 saturated carbocycles. The van der Waals surface area contributed by atoms with Crippen LogP contribution in [0.3, 0.4) is 0 Å². The number of carbonyl (C=O) groups excluding carboxylic acids is 2. The Morgan fingerprint density at radius 2 is 1.73 bits per heavy atom. The lowest BCUT2D eigenvalue weighted by Crippen LogP contribution is -2.08. The third kappa shape index (κ3) is 4.85. The predicted octanol–water partition coefficient (Wildman–Crippen LogP) is 4.78. The Morgan fingerprint density at radius 3 is 2.36 bits per heavy atom. The molecule has 8 heteroatoms. The van der Waals surface area contributed by atoms with Crippen molar-refractivity contribution in [3.8, 4) is 5.75 Å². The third-order valence-electron chi connectivity index (χ3n) is 4.94. The zero-order chi connectivity index (χ0) is 23.5. The van der Waals surface area contributed by atoms with Gasteiger partial charge in [0.25, 0.3) is 5.69 Å². The second kappa shape index (κ2) is 8.88. The Kier molecular flexibility index (Phi) is 5.82. The standard InChI is InChI=1S/C25H18N2O6/c1-15-3-7-18(8-4-15)24(28)32-20-10-5-17(6-11-20)14-21-25(29)33-23(26-21)19-9-12-22(27(30)31)16(2)13-19/h3-14H,1-2H3/b21-14-. The van der Waals surface area contributed by atoms with Crippen molar-refractivity contribution in [2.75, 3.05) is 0 Å². The second-order valence-corrected chi connectivity index (χ2v) is 7.42. The molecule has 0 unspecified atom stereocenters. The molecule has 3 aromatic carbocycles. The van der Waals surface area contributed by atoms with Crippen molar-refractivity contribution in [1.82, 2.24) is 0 Å². The van der Waals surface area contributed by atoms with Crippen molar-refractivity contribution in [2.24, 2.45) is 4.99 Å². The Bertz CT molecular complexity index is 1320. The number of benzene rings is 3. The van der Waals surface area contributed by atoms with Gasteiger partial charge in [-0.05, 0) is 61.9 Å². The topological polar surface area (TPSA) is 108 Å². The molecule has 0 fully saturated rings. The number of aryl methyl sites for hydroxylation is 2. The number of esters is 2. The van der Waals surface area contributed by atoms with E-state index in [4.69, 9.17) is 9.47 Å². The number of ether oxygens (including phenoxy) is 2. The van der Waals surface area contributed by atoms with Crippen LogP contribution in [0.4, 0.5) is 5.69 Å². The molecule has 0 aromatic heterocycles. The first-order valence-electron chi connectivity index (χ1n) is 9.97. The van der Waals surface area contributed by atoms with Crippen LogP contribution in [-0.2, 0) is 9.53 Å². The summed E-state index contributed by atoms with van der Waals surface area (Å²) in [6, 6.07) is 18.0. The first-order valence-corrected chi connectivity index (χ1v) is 9.97. The molecule has 1 aliphatic heterocycles. The van der Waals surface area contributed by atoms with Gasteiger partial charge in [-0.25, -0.2) is 14.6 Å². The molecule has 0 spiro atoms. The summed E-state index contributed by atoms with van der Waals surface area (Å²) in [6.45, 7) is 3.53. The molecule has 8 nitrogen and oxygen atoms in total. The van der Waals surface area contributed by atoms with Crippen molar-refractivity contribution in [1.29, 1.82) is 0 Å². The van der Waals surface area contributed by atoms with E-state index in [9.17, 15) is 19.7 Å². The fourth-order valence-corrected chi connectivity index (χ4v) is 3.17. The van der Waals surface area contributed by atoms with Gasteiger partial charge in [0.15, 0.2) is 5.70 Å². The van der Waals surface area contributed by atoms with Gasteiger partial charge in [0.2, 0.25) is 5.90 Å². The quantitative estimate of drug-likeness (QED) is 0.185. The van der Waals surface area contributed by atoms with E-state index in [0.717, 1.165) is 5.56 Å². The Labute approximate surface area is 189 Å². The normalized spacial score (nSPS) is 14.1. The number of nitro groups is 1. The van der Waals surface area contributed by atoms with Gasteiger partial charge in [-0.3, -0.25) is 10.1 Å². The van der Waals surface area contributed by atoms with Crippen molar-refractivity contribution >= 4 is 29.6 Å². The maximum atomic E-state index is 12.2. The Morgan fingerprint density at radius 1 is 1.03 bits per heavy atom. The summed E-state index contributed by atoms with van der Waals surface area (Å²) in [7, 11) is 0. The fraction of sp³-hybridized carbons (Fsp3) is 0.0800. The maximum absolute atomic E-state index is 12.2. The Balaban J connectivity index is 1.49. The SMILES string of the molecule is Cc1ccc(C(=O)Oc2ccc(/C=C3\N=C(c4ccc([N+](=O)[O-])c(C)c4)OC3=O)cc2)cc1. The van der Waals surface area contributed by atoms with Crippen LogP contribution in [0.5, 0.6) is 5.75 Å². The molecule has 33 heavy (non-hydrogen) atoms. The molecule has 0 N–H and O–H groups in total. The second-order valence-electron chi connectivity index (χ2n) is 7.42. The van der Waals surface area contributed by atoms with Gasteiger partial charge in [0.1, 0.15) is 5.75 Å². The smallest absolute Gasteiger partial charge is 0.363 e. The minimum atomic E-state index is -0.629. The highest BCUT2D eigenvalue weighted by Gasteiger charge is 2.25. The zero-order valence-electron chi connectivity index (χ0n) is 17.8. The zero-order valence-corrected chi connectivity index (χ0v) is 17.8. The van der Waals surface area contributed by atoms with Crippen molar-refractivity contribution < 1.29 is 24.0 Å². The van der Waals surface area contributed by atoms with Crippen molar-refractivity contribution in [3.05, 3.63) is 110 Å². The number of nitro benzene ring substituents is 1. The molecule has 1 heterocycles. The van der Waals surface area contributed by atoms with E-state index >= 15 is 0 Å². The van der Waals surface area contributed by atoms with Gasteiger partial charge in [0.05, 0.1) is 10.5 Å². The Hall–Kier alpha value is -4.59. The van der Waals surface area contributed by atoms with Crippen molar-refractivity contribution in [3.63, 3.8) is 0 Å². The first-order chi connectivity index (χ1) is 15.8. The molecule has 0 amide bonds. The molecule has 164 valence electrons. The lowest BCUT2D eigenvalue weighted by atomic mass is 10.1. The molecule has 0 atom stereocenters. The summed E-state index contributed by atoms with van der Waals surface area (Å²) in [4.78, 5) is 39.2. The summed E-state index contributed by atoms with van der Waals surface area (Å²) in [6.07, 6.45) is 1.54. The molecule has 0 bridgehead atoms. The van der Waals surface area contributed by atoms with Crippen LogP contribution < -0.4 is 4.74 Å². The number of rotatable bonds is 5. The number of hydrogen-bond donors (Lipinski definition) is 0. The third-order valence-corrected chi connectivity index (χ3v) is 4.94. The molecule has 0 radical (unpaired) electrons. The molecule has 0 saturated heterocycles. The highest BCUT2D eigenvalue weighted by Crippen LogP contribution is 2.24. The van der Waals surface area contributed by atoms with Gasteiger partial charge in [-0.1, -0.05) is 29.8 Å². The van der Waals surface area contributed by atoms with E-state index in [1.807, 2.05) is 19.1 Å². The van der Waals surface area contributed by atoms with Gasteiger partial charge in [-0.2, -0.15) is 0 Å². The summed E-state index contributed by atoms with van der Waals surface area (Å²) < 4.78 is 10.6. The fourth-order valence-electron chi connectivity index (χ4n) is 3.17. The highest BCUT2D eigenvalue weighted by atomic mass is 16.6. The van der Waals surface area contributed by atoms with Gasteiger partial charge in [-0.15, -0.1) is 0 Å². The molecule has 1 aliphatic rings. The number of aliphatic imine (C=N–C) groups is 1. The molecule has 3 aromatic rings. The lowest BCUT2D eigenvalue weighted by molar-refractivity contribution is -0.385. The van der Waals surface area contributed by atoms with E-state index in [0.29, 0.717) is 28.0 Å². The summed E-state index contributed by atoms with van der Waals surface area (Å²) in [5.74, 6) is -0.654. The predicted molar refractivity (Wildman–Crippen MR) is 121 cm³/mol. The van der Waals surface area contributed by atoms with Crippen LogP contribution in [0.15, 0.2) is 77.4 Å². The van der Waals surface area contributed by atoms with E-state index in [1.54, 1.807) is 55.5 Å². The molecular formula is C25H18N2O6. The van der Waals surface area contributed by atoms with Crippen molar-refractivity contribution in [2.45, 2.75) is 13.8 Å². The molecular weight excluding hydrogens is 424 g/mol. The maximum Gasteiger partial charge on any atom is 0.363 e. The van der Waals surface area contributed by atoms with E-state index < -0.39 is 16.9 Å². The monoisotopic (exact) mass is 442 g/mol. The van der Waals surface area contributed by atoms with Crippen LogP contribution >= 0.6 is 0 Å². The lowest BCUT2D eigenvalue weighted by Gasteiger charge is -2.05. The number of carbonyl (C=O) groups is 2. The first kappa shape index (κ1) is 21.6. The van der Waals surface area contributed by atoms with Crippen LogP contribution in [0.1, 0.15) is 32.6 Å². The average molecular weight is 442 g/mol. The minimum Gasteiger partial charge on any atom is -0.423 e. The molecule has 4 rings (SSSR count). The minimum absolute atomic E-state index is 0.0254. The van der Waals surface area contributed by atoms with Crippen LogP contribution in [0, 0.1) is 24.0 Å². The van der Waals surface area contributed by atoms with Crippen LogP contribution in [-0.4, -0.2) is 22.8 Å². The van der Waals surface area contributed by atoms with Gasteiger partial charge in [0, 0.05) is 17.2 Å². The number of nitrogens with zero attached hydrogens (tertiary/aromatic N) is 2. The van der Waals surface area contributed by atoms with Crippen LogP contribution in [0.2, 0.25) is 0 Å². The van der Waals surface area contributed by atoms with E-state index in [-0.39, 0.29) is 17.3 Å². The highest BCUT2D eigenvalue weighted by molar-refractivity contribution is 6.13. The molecule has 0 aliphatic carbocycles. The summed E-state index contributed by atoms with van der Waals surface area (Å²) in [5.41, 5.74) is 3.11. The number of cyclic esters (lactones) is 1. The summed E-state index contributed by atoms with van der Waals surface area (Å²) in [5, 5.41) is 11.0. The van der Waals surface area contributed by atoms with E-state index in [1.165, 1.54) is 12.1 Å². The van der Waals surface area contributed by atoms with E-state index in [2.05, 4.69) is 4.99 Å². The van der Waals surface area contributed by atoms with Gasteiger partial charge >= 0.3 is 11.9 Å². The number of hydrogen-bond acceptors (Lipinski definition) is 7. The largest absolute Gasteiger partial charge is 0.423 e.